The molecule has 3 aromatic heterocycles. The molecule has 6 heteroatoms. The van der Waals surface area contributed by atoms with E-state index in [0.717, 1.165) is 33.6 Å². The van der Waals surface area contributed by atoms with Crippen LogP contribution in [0.15, 0.2) is 116 Å². The van der Waals surface area contributed by atoms with E-state index in [0.29, 0.717) is 0 Å². The van der Waals surface area contributed by atoms with Gasteiger partial charge in [0.1, 0.15) is 5.82 Å². The van der Waals surface area contributed by atoms with Gasteiger partial charge in [-0.1, -0.05) is 41.8 Å². The average molecular weight is 832 g/mol. The molecule has 0 aliphatic rings. The number of nitrogens with zero attached hydrogens (tertiary/aromatic N) is 2. The van der Waals surface area contributed by atoms with Gasteiger partial charge in [0.15, 0.2) is 0 Å². The summed E-state index contributed by atoms with van der Waals surface area (Å²) in [6.45, 7) is 2.19. The predicted octanol–water partition coefficient (Wildman–Crippen LogP) is 10.1. The van der Waals surface area contributed by atoms with E-state index in [1.165, 1.54) is 42.3 Å². The first-order valence-electron chi connectivity index (χ1n) is 14.3. The molecule has 2 nitrogen and oxygen atoms in total. The van der Waals surface area contributed by atoms with Gasteiger partial charge in [-0.05, 0) is 51.2 Å². The fraction of sp³-hybridized carbons (Fsp3) is 0.105. The number of pyridine rings is 2. The molecule has 221 valence electrons. The van der Waals surface area contributed by atoms with Crippen molar-refractivity contribution in [1.29, 1.82) is 0 Å². The molecule has 0 aliphatic heterocycles. The van der Waals surface area contributed by atoms with Crippen LogP contribution in [0.2, 0.25) is 17.3 Å². The number of aryl methyl sites for hydroxylation is 1. The summed E-state index contributed by atoms with van der Waals surface area (Å²) < 4.78 is 17.1. The fourth-order valence-corrected chi connectivity index (χ4v) is 9.94. The van der Waals surface area contributed by atoms with E-state index in [9.17, 15) is 4.39 Å². The van der Waals surface area contributed by atoms with Crippen molar-refractivity contribution in [2.75, 3.05) is 0 Å². The van der Waals surface area contributed by atoms with Gasteiger partial charge in [-0.3, -0.25) is 0 Å². The number of halogens is 1. The monoisotopic (exact) mass is 833 g/mol. The molecule has 0 atom stereocenters. The van der Waals surface area contributed by atoms with Gasteiger partial charge in [0, 0.05) is 31.0 Å². The van der Waals surface area contributed by atoms with Crippen LogP contribution in [0, 0.1) is 24.9 Å². The maximum atomic E-state index is 13.2. The molecule has 3 heterocycles. The molecule has 7 aromatic rings. The number of thiophene rings is 1. The van der Waals surface area contributed by atoms with Crippen LogP contribution in [0.1, 0.15) is 5.56 Å². The normalized spacial score (nSPS) is 11.1. The predicted molar refractivity (Wildman–Crippen MR) is 183 cm³/mol. The molecule has 7 rings (SSSR count). The van der Waals surface area contributed by atoms with Crippen LogP contribution in [0.5, 0.6) is 0 Å². The second-order valence-corrected chi connectivity index (χ2v) is 23.2. The molecular weight excluding hydrogens is 800 g/mol. The van der Waals surface area contributed by atoms with Gasteiger partial charge in [0.05, 0.1) is 0 Å². The van der Waals surface area contributed by atoms with Crippen LogP contribution >= 0.6 is 11.3 Å². The first-order valence-corrected chi connectivity index (χ1v) is 22.4. The Bertz CT molecular complexity index is 2020. The smallest absolute Gasteiger partial charge is 0.123 e. The van der Waals surface area contributed by atoms with E-state index in [1.807, 2.05) is 54.6 Å². The van der Waals surface area contributed by atoms with Crippen molar-refractivity contribution in [3.8, 4) is 33.6 Å². The quantitative estimate of drug-likeness (QED) is 0.130. The number of hydrogen-bond acceptors (Lipinski definition) is 3. The molecule has 0 N–H and O–H groups in total. The molecule has 0 unspecified atom stereocenters. The Hall–Kier alpha value is -3.48. The van der Waals surface area contributed by atoms with Crippen molar-refractivity contribution in [1.82, 2.24) is 9.97 Å². The van der Waals surface area contributed by atoms with E-state index in [2.05, 4.69) is 88.9 Å². The van der Waals surface area contributed by atoms with Crippen LogP contribution in [-0.2, 0) is 20.1 Å². The molecule has 0 saturated carbocycles. The first-order chi connectivity index (χ1) is 20.8. The first kappa shape index (κ1) is 31.9. The number of aromatic nitrogens is 2. The van der Waals surface area contributed by atoms with Gasteiger partial charge in [-0.25, -0.2) is 4.39 Å². The van der Waals surface area contributed by atoms with Crippen LogP contribution < -0.4 is 4.40 Å². The maximum Gasteiger partial charge on any atom is 0.123 e. The zero-order chi connectivity index (χ0) is 30.0. The third-order valence-electron chi connectivity index (χ3n) is 7.43. The molecule has 0 amide bonds. The fourth-order valence-electron chi connectivity index (χ4n) is 5.25. The Morgan fingerprint density at radius 3 is 2.16 bits per heavy atom. The maximum absolute atomic E-state index is 13.2. The summed E-state index contributed by atoms with van der Waals surface area (Å²) in [5, 5.41) is 2.44. The number of hydrogen-bond donors (Lipinski definition) is 0. The Labute approximate surface area is 278 Å². The van der Waals surface area contributed by atoms with Crippen molar-refractivity contribution in [2.24, 2.45) is 0 Å². The molecular formula is C38H31FGeIrN2S-2. The molecule has 0 spiro atoms. The van der Waals surface area contributed by atoms with E-state index >= 15 is 0 Å². The minimum atomic E-state index is -1.77. The Morgan fingerprint density at radius 2 is 1.48 bits per heavy atom. The van der Waals surface area contributed by atoms with E-state index in [1.54, 1.807) is 17.5 Å². The molecule has 0 bridgehead atoms. The van der Waals surface area contributed by atoms with E-state index < -0.39 is 13.3 Å². The third-order valence-corrected chi connectivity index (χ3v) is 13.0. The van der Waals surface area contributed by atoms with E-state index in [-0.39, 0.29) is 25.9 Å². The summed E-state index contributed by atoms with van der Waals surface area (Å²) in [7, 11) is 0. The summed E-state index contributed by atoms with van der Waals surface area (Å²) in [4.78, 5) is 9.01. The van der Waals surface area contributed by atoms with Gasteiger partial charge < -0.3 is 4.98 Å². The number of fused-ring (bicyclic) bond motifs is 3. The van der Waals surface area contributed by atoms with Crippen molar-refractivity contribution < 1.29 is 24.5 Å². The van der Waals surface area contributed by atoms with Crippen LogP contribution in [-0.4, -0.2) is 23.2 Å². The van der Waals surface area contributed by atoms with Crippen molar-refractivity contribution in [3.05, 3.63) is 139 Å². The molecule has 0 aliphatic carbocycles. The van der Waals surface area contributed by atoms with Crippen LogP contribution in [0.25, 0.3) is 53.8 Å². The average Bonchev–Trinajstić information content (AvgIpc) is 3.39. The Morgan fingerprint density at radius 1 is 0.705 bits per heavy atom. The van der Waals surface area contributed by atoms with Gasteiger partial charge in [-0.2, -0.15) is 11.3 Å². The van der Waals surface area contributed by atoms with Crippen molar-refractivity contribution in [3.63, 3.8) is 0 Å². The van der Waals surface area contributed by atoms with Crippen molar-refractivity contribution in [2.45, 2.75) is 24.2 Å². The summed E-state index contributed by atoms with van der Waals surface area (Å²) in [6, 6.07) is 39.9. The molecule has 0 fully saturated rings. The minimum Gasteiger partial charge on any atom is -0.305 e. The largest absolute Gasteiger partial charge is 0.305 e. The third kappa shape index (κ3) is 7.08. The minimum absolute atomic E-state index is 0. The zero-order valence-corrected chi connectivity index (χ0v) is 30.3. The zero-order valence-electron chi connectivity index (χ0n) is 25.0. The molecule has 1 radical (unpaired) electrons. The van der Waals surface area contributed by atoms with Crippen LogP contribution in [0.4, 0.5) is 4.39 Å². The second kappa shape index (κ2) is 13.7. The molecule has 44 heavy (non-hydrogen) atoms. The summed E-state index contributed by atoms with van der Waals surface area (Å²) in [5.74, 6) is 6.99. The van der Waals surface area contributed by atoms with Gasteiger partial charge >= 0.3 is 106 Å². The van der Waals surface area contributed by atoms with Crippen molar-refractivity contribution >= 4 is 49.2 Å². The topological polar surface area (TPSA) is 25.8 Å². The van der Waals surface area contributed by atoms with E-state index in [4.69, 9.17) is 0 Å². The molecule has 0 saturated heterocycles. The Kier molecular flexibility index (Phi) is 9.91. The van der Waals surface area contributed by atoms with Gasteiger partial charge in [0.25, 0.3) is 0 Å². The summed E-state index contributed by atoms with van der Waals surface area (Å²) in [5.41, 5.74) is 7.52. The molecule has 4 aromatic carbocycles. The summed E-state index contributed by atoms with van der Waals surface area (Å²) in [6.07, 6.45) is 3.87. The number of benzene rings is 4. The van der Waals surface area contributed by atoms with Gasteiger partial charge in [-0.15, -0.1) is 23.8 Å². The van der Waals surface area contributed by atoms with Gasteiger partial charge in [0.2, 0.25) is 0 Å². The SMILES string of the molecule is Cc1cc(-c2[c-]cccc2)nc[c]1[Ge]([CH3])([CH3])[CH3].Fc1ccc(-c2ccc3c(c2)sc2c[c-]c(-c4ccccn4)cc23)cc1.[Ir]. The summed E-state index contributed by atoms with van der Waals surface area (Å²) >= 11 is -0.0208. The second-order valence-electron chi connectivity index (χ2n) is 11.6. The number of rotatable bonds is 4. The Balaban J connectivity index is 0.000000187. The van der Waals surface area contributed by atoms with Crippen LogP contribution in [0.3, 0.4) is 0 Å². The standard InChI is InChI=1S/C23H13FNS.C15H18GeN.Ir/c24-18-8-4-15(5-9-18)16-6-10-19-20-13-17(21-3-1-2-12-25-21)7-11-22(20)26-23(19)14-16;1-12-10-15(13-8-6-5-7-9-13)17-11-14(12)16(2,3)4;/h1-6,8-14H;5-8,10-11H,1-4H3;/q2*-1;.